The number of fused-ring (bicyclic) bond motifs is 1. The maximum absolute atomic E-state index is 8.86. The van der Waals surface area contributed by atoms with Crippen molar-refractivity contribution in [2.24, 2.45) is 4.99 Å². The summed E-state index contributed by atoms with van der Waals surface area (Å²) in [5.74, 6) is 0. The SMILES string of the molecule is C=N[C@@H]1CCc2c(C#N)cccc21. The molecule has 0 heterocycles. The lowest BCUT2D eigenvalue weighted by Crippen LogP contribution is -1.89. The van der Waals surface area contributed by atoms with E-state index in [4.69, 9.17) is 5.26 Å². The summed E-state index contributed by atoms with van der Waals surface area (Å²) in [5, 5.41) is 8.86. The predicted octanol–water partition coefficient (Wildman–Crippen LogP) is 2.25. The largest absolute Gasteiger partial charge is 0.293 e. The number of benzene rings is 1. The molecule has 13 heavy (non-hydrogen) atoms. The molecule has 0 unspecified atom stereocenters. The van der Waals surface area contributed by atoms with Crippen LogP contribution in [0.2, 0.25) is 0 Å². The fourth-order valence-corrected chi connectivity index (χ4v) is 1.93. The van der Waals surface area contributed by atoms with E-state index in [1.807, 2.05) is 18.2 Å². The molecular formula is C11H10N2. The molecule has 1 aromatic rings. The first-order valence-electron chi connectivity index (χ1n) is 4.34. The summed E-state index contributed by atoms with van der Waals surface area (Å²) in [5.41, 5.74) is 3.15. The van der Waals surface area contributed by atoms with Crippen LogP contribution in [0.25, 0.3) is 0 Å². The third-order valence-corrected chi connectivity index (χ3v) is 2.58. The Morgan fingerprint density at radius 2 is 2.38 bits per heavy atom. The third-order valence-electron chi connectivity index (χ3n) is 2.58. The van der Waals surface area contributed by atoms with Crippen LogP contribution in [0.3, 0.4) is 0 Å². The Kier molecular flexibility index (Phi) is 1.86. The van der Waals surface area contributed by atoms with Gasteiger partial charge in [-0.3, -0.25) is 4.99 Å². The van der Waals surface area contributed by atoms with E-state index < -0.39 is 0 Å². The van der Waals surface area contributed by atoms with Gasteiger partial charge in [0, 0.05) is 0 Å². The molecule has 0 aromatic heterocycles. The van der Waals surface area contributed by atoms with Crippen LogP contribution in [-0.4, -0.2) is 6.72 Å². The van der Waals surface area contributed by atoms with E-state index in [1.54, 1.807) is 0 Å². The number of rotatable bonds is 1. The molecule has 0 N–H and O–H groups in total. The molecule has 0 radical (unpaired) electrons. The Hall–Kier alpha value is -1.62. The molecule has 0 saturated carbocycles. The van der Waals surface area contributed by atoms with Crippen molar-refractivity contribution in [1.82, 2.24) is 0 Å². The van der Waals surface area contributed by atoms with Gasteiger partial charge in [0.1, 0.15) is 0 Å². The molecule has 0 saturated heterocycles. The van der Waals surface area contributed by atoms with Crippen LogP contribution < -0.4 is 0 Å². The van der Waals surface area contributed by atoms with Crippen molar-refractivity contribution in [2.45, 2.75) is 18.9 Å². The summed E-state index contributed by atoms with van der Waals surface area (Å²) >= 11 is 0. The van der Waals surface area contributed by atoms with Gasteiger partial charge in [0.05, 0.1) is 17.7 Å². The minimum Gasteiger partial charge on any atom is -0.293 e. The Morgan fingerprint density at radius 3 is 3.08 bits per heavy atom. The van der Waals surface area contributed by atoms with Gasteiger partial charge in [0.25, 0.3) is 0 Å². The standard InChI is InChI=1S/C11H10N2/c1-13-11-6-5-9-8(7-12)3-2-4-10(9)11/h2-4,11H,1,5-6H2/t11-/m1/s1. The topological polar surface area (TPSA) is 36.1 Å². The first-order valence-corrected chi connectivity index (χ1v) is 4.34. The molecule has 0 spiro atoms. The minimum atomic E-state index is 0.211. The van der Waals surface area contributed by atoms with Crippen molar-refractivity contribution >= 4 is 6.72 Å². The predicted molar refractivity (Wildman–Crippen MR) is 51.8 cm³/mol. The lowest BCUT2D eigenvalue weighted by atomic mass is 10.0. The maximum atomic E-state index is 8.86. The highest BCUT2D eigenvalue weighted by Crippen LogP contribution is 2.35. The van der Waals surface area contributed by atoms with Crippen LogP contribution in [0.15, 0.2) is 23.2 Å². The average molecular weight is 170 g/mol. The summed E-state index contributed by atoms with van der Waals surface area (Å²) in [7, 11) is 0. The van der Waals surface area contributed by atoms with E-state index >= 15 is 0 Å². The number of hydrogen-bond acceptors (Lipinski definition) is 2. The van der Waals surface area contributed by atoms with Crippen LogP contribution >= 0.6 is 0 Å². The third kappa shape index (κ3) is 1.13. The van der Waals surface area contributed by atoms with E-state index in [9.17, 15) is 0 Å². The average Bonchev–Trinajstić information content (AvgIpc) is 2.60. The second kappa shape index (κ2) is 3.02. The van der Waals surface area contributed by atoms with Crippen LogP contribution in [0.4, 0.5) is 0 Å². The van der Waals surface area contributed by atoms with E-state index in [1.165, 1.54) is 11.1 Å². The summed E-state index contributed by atoms with van der Waals surface area (Å²) in [6.07, 6.45) is 1.96. The van der Waals surface area contributed by atoms with Crippen molar-refractivity contribution in [3.63, 3.8) is 0 Å². The van der Waals surface area contributed by atoms with Gasteiger partial charge >= 0.3 is 0 Å². The molecular weight excluding hydrogens is 160 g/mol. The van der Waals surface area contributed by atoms with Gasteiger partial charge in [-0.05, 0) is 36.8 Å². The van der Waals surface area contributed by atoms with Gasteiger partial charge in [-0.25, -0.2) is 0 Å². The molecule has 2 heteroatoms. The fourth-order valence-electron chi connectivity index (χ4n) is 1.93. The van der Waals surface area contributed by atoms with E-state index in [0.717, 1.165) is 18.4 Å². The number of hydrogen-bond donors (Lipinski definition) is 0. The van der Waals surface area contributed by atoms with Crippen LogP contribution in [0.1, 0.15) is 29.2 Å². The van der Waals surface area contributed by atoms with Gasteiger partial charge < -0.3 is 0 Å². The Balaban J connectivity index is 2.56. The van der Waals surface area contributed by atoms with Crippen molar-refractivity contribution in [3.8, 4) is 6.07 Å². The van der Waals surface area contributed by atoms with E-state index in [-0.39, 0.29) is 6.04 Å². The van der Waals surface area contributed by atoms with Gasteiger partial charge in [-0.1, -0.05) is 12.1 Å². The molecule has 0 amide bonds. The molecule has 0 fully saturated rings. The second-order valence-corrected chi connectivity index (χ2v) is 3.22. The smallest absolute Gasteiger partial charge is 0.0994 e. The fraction of sp³-hybridized carbons (Fsp3) is 0.273. The molecule has 2 rings (SSSR count). The zero-order chi connectivity index (χ0) is 9.26. The molecule has 0 bridgehead atoms. The Bertz CT molecular complexity index is 388. The van der Waals surface area contributed by atoms with Gasteiger partial charge in [0.15, 0.2) is 0 Å². The monoisotopic (exact) mass is 170 g/mol. The highest BCUT2D eigenvalue weighted by atomic mass is 14.8. The lowest BCUT2D eigenvalue weighted by Gasteiger charge is -2.04. The molecule has 1 aromatic carbocycles. The molecule has 1 aliphatic rings. The van der Waals surface area contributed by atoms with E-state index in [0.29, 0.717) is 0 Å². The van der Waals surface area contributed by atoms with Gasteiger partial charge in [-0.15, -0.1) is 0 Å². The maximum Gasteiger partial charge on any atom is 0.0994 e. The zero-order valence-corrected chi connectivity index (χ0v) is 7.33. The molecule has 64 valence electrons. The van der Waals surface area contributed by atoms with Crippen molar-refractivity contribution in [2.75, 3.05) is 0 Å². The quantitative estimate of drug-likeness (QED) is 0.595. The van der Waals surface area contributed by atoms with Crippen LogP contribution in [0.5, 0.6) is 0 Å². The first-order chi connectivity index (χ1) is 6.36. The summed E-state index contributed by atoms with van der Waals surface area (Å²) in [6, 6.07) is 8.25. The lowest BCUT2D eigenvalue weighted by molar-refractivity contribution is 0.721. The van der Waals surface area contributed by atoms with E-state index in [2.05, 4.69) is 17.8 Å². The number of aliphatic imine (C=N–C) groups is 1. The van der Waals surface area contributed by atoms with Crippen molar-refractivity contribution < 1.29 is 0 Å². The Morgan fingerprint density at radius 1 is 1.54 bits per heavy atom. The normalized spacial score (nSPS) is 19.2. The van der Waals surface area contributed by atoms with Crippen molar-refractivity contribution in [3.05, 3.63) is 34.9 Å². The molecule has 1 atom stereocenters. The zero-order valence-electron chi connectivity index (χ0n) is 7.33. The molecule has 2 nitrogen and oxygen atoms in total. The second-order valence-electron chi connectivity index (χ2n) is 3.22. The molecule has 0 aliphatic heterocycles. The van der Waals surface area contributed by atoms with Crippen molar-refractivity contribution in [1.29, 1.82) is 5.26 Å². The number of nitriles is 1. The minimum absolute atomic E-state index is 0.211. The summed E-state index contributed by atoms with van der Waals surface area (Å²) < 4.78 is 0. The van der Waals surface area contributed by atoms with Gasteiger partial charge in [-0.2, -0.15) is 5.26 Å². The van der Waals surface area contributed by atoms with Crippen LogP contribution in [0, 0.1) is 11.3 Å². The Labute approximate surface area is 77.5 Å². The first kappa shape index (κ1) is 8.00. The summed E-state index contributed by atoms with van der Waals surface area (Å²) in [4.78, 5) is 4.04. The van der Waals surface area contributed by atoms with Crippen LogP contribution in [-0.2, 0) is 6.42 Å². The highest BCUT2D eigenvalue weighted by molar-refractivity contribution is 5.47. The van der Waals surface area contributed by atoms with Gasteiger partial charge in [0.2, 0.25) is 0 Å². The molecule has 1 aliphatic carbocycles. The highest BCUT2D eigenvalue weighted by Gasteiger charge is 2.22. The number of nitrogens with zero attached hydrogens (tertiary/aromatic N) is 2. The summed E-state index contributed by atoms with van der Waals surface area (Å²) in [6.45, 7) is 3.56.